The van der Waals surface area contributed by atoms with Gasteiger partial charge in [0.25, 0.3) is 0 Å². The van der Waals surface area contributed by atoms with Gasteiger partial charge in [0.2, 0.25) is 11.8 Å². The summed E-state index contributed by atoms with van der Waals surface area (Å²) in [5, 5.41) is 13.2. The fourth-order valence-corrected chi connectivity index (χ4v) is 3.76. The maximum absolute atomic E-state index is 12.6. The molecule has 3 rings (SSSR count). The van der Waals surface area contributed by atoms with Crippen molar-refractivity contribution in [2.45, 2.75) is 27.3 Å². The number of amides is 1. The number of rotatable bonds is 9. The van der Waals surface area contributed by atoms with E-state index >= 15 is 0 Å². The summed E-state index contributed by atoms with van der Waals surface area (Å²) in [5.74, 6) is 1.09. The number of hydrogen-bond acceptors (Lipinski definition) is 6. The highest BCUT2D eigenvalue weighted by atomic mass is 35.5. The normalized spacial score (nSPS) is 15.6. The molecule has 160 valence electrons. The minimum absolute atomic E-state index is 0.188. The zero-order valence-corrected chi connectivity index (χ0v) is 18.5. The molecule has 1 amide bonds. The first-order chi connectivity index (χ1) is 14.4. The molecule has 1 fully saturated rings. The lowest BCUT2D eigenvalue weighted by Gasteiger charge is -2.43. The Balaban J connectivity index is 1.56. The molecule has 0 saturated carbocycles. The van der Waals surface area contributed by atoms with E-state index in [4.69, 9.17) is 16.0 Å². The lowest BCUT2D eigenvalue weighted by atomic mass is 9.80. The van der Waals surface area contributed by atoms with Crippen LogP contribution in [0.25, 0.3) is 11.5 Å². The number of nitrogens with one attached hydrogen (secondary N) is 1. The quantitative estimate of drug-likeness (QED) is 0.659. The van der Waals surface area contributed by atoms with E-state index < -0.39 is 5.41 Å². The van der Waals surface area contributed by atoms with Crippen LogP contribution in [-0.2, 0) is 11.3 Å². The SMILES string of the molecule is CCN(CC)CCNC(=O)C1(C#N)CN(Cc2nc(-c3ccc(Cl)cc3)oc2C)C1. The number of likely N-dealkylation sites (tertiary alicyclic amines) is 1. The van der Waals surface area contributed by atoms with Crippen LogP contribution >= 0.6 is 11.6 Å². The van der Waals surface area contributed by atoms with Crippen LogP contribution in [0, 0.1) is 23.7 Å². The number of nitrogens with zero attached hydrogens (tertiary/aromatic N) is 4. The average molecular weight is 430 g/mol. The van der Waals surface area contributed by atoms with Crippen molar-refractivity contribution < 1.29 is 9.21 Å². The Bertz CT molecular complexity index is 909. The van der Waals surface area contributed by atoms with E-state index in [9.17, 15) is 10.1 Å². The Morgan fingerprint density at radius 3 is 2.60 bits per heavy atom. The number of likely N-dealkylation sites (N-methyl/N-ethyl adjacent to an activating group) is 1. The first kappa shape index (κ1) is 22.3. The molecule has 8 heteroatoms. The Morgan fingerprint density at radius 1 is 1.33 bits per heavy atom. The zero-order valence-electron chi connectivity index (χ0n) is 17.7. The van der Waals surface area contributed by atoms with Gasteiger partial charge in [0.1, 0.15) is 5.76 Å². The number of halogens is 1. The van der Waals surface area contributed by atoms with E-state index in [1.165, 1.54) is 0 Å². The predicted molar refractivity (Wildman–Crippen MR) is 116 cm³/mol. The molecule has 0 spiro atoms. The second-order valence-corrected chi connectivity index (χ2v) is 8.09. The molecule has 7 nitrogen and oxygen atoms in total. The first-order valence-corrected chi connectivity index (χ1v) is 10.6. The van der Waals surface area contributed by atoms with Crippen molar-refractivity contribution in [3.8, 4) is 17.5 Å². The van der Waals surface area contributed by atoms with Crippen LogP contribution in [0.3, 0.4) is 0 Å². The number of aromatic nitrogens is 1. The molecule has 1 aromatic carbocycles. The summed E-state index contributed by atoms with van der Waals surface area (Å²) in [6.45, 7) is 10.6. The smallest absolute Gasteiger partial charge is 0.243 e. The molecule has 2 aromatic rings. The number of aryl methyl sites for hydroxylation is 1. The number of hydrogen-bond donors (Lipinski definition) is 1. The summed E-state index contributed by atoms with van der Waals surface area (Å²) in [6, 6.07) is 9.55. The second kappa shape index (κ2) is 9.61. The van der Waals surface area contributed by atoms with E-state index in [0.717, 1.165) is 36.7 Å². The third-order valence-corrected chi connectivity index (χ3v) is 5.85. The molecule has 1 N–H and O–H groups in total. The molecular formula is C22H28ClN5O2. The van der Waals surface area contributed by atoms with Crippen molar-refractivity contribution in [1.29, 1.82) is 5.26 Å². The summed E-state index contributed by atoms with van der Waals surface area (Å²) in [4.78, 5) is 21.5. The van der Waals surface area contributed by atoms with Gasteiger partial charge in [0.05, 0.1) is 11.8 Å². The van der Waals surface area contributed by atoms with Crippen LogP contribution in [-0.4, -0.2) is 60.0 Å². The minimum atomic E-state index is -0.986. The molecule has 0 radical (unpaired) electrons. The molecule has 0 atom stereocenters. The highest BCUT2D eigenvalue weighted by molar-refractivity contribution is 6.30. The van der Waals surface area contributed by atoms with Crippen LogP contribution in [0.4, 0.5) is 0 Å². The van der Waals surface area contributed by atoms with Crippen LogP contribution in [0.1, 0.15) is 25.3 Å². The minimum Gasteiger partial charge on any atom is -0.441 e. The van der Waals surface area contributed by atoms with Crippen molar-refractivity contribution >= 4 is 17.5 Å². The van der Waals surface area contributed by atoms with Gasteiger partial charge < -0.3 is 14.6 Å². The standard InChI is InChI=1S/C22H28ClN5O2/c1-4-27(5-2)11-10-25-21(29)22(13-24)14-28(15-22)12-19-16(3)30-20(26-19)17-6-8-18(23)9-7-17/h6-9H,4-5,10-12,14-15H2,1-3H3,(H,25,29). The molecule has 1 aromatic heterocycles. The van der Waals surface area contributed by atoms with E-state index in [-0.39, 0.29) is 5.91 Å². The van der Waals surface area contributed by atoms with Gasteiger partial charge in [-0.1, -0.05) is 25.4 Å². The maximum Gasteiger partial charge on any atom is 0.243 e. The van der Waals surface area contributed by atoms with Gasteiger partial charge in [0.15, 0.2) is 5.41 Å². The van der Waals surface area contributed by atoms with E-state index in [2.05, 4.69) is 35.1 Å². The number of benzene rings is 1. The van der Waals surface area contributed by atoms with E-state index in [1.54, 1.807) is 12.1 Å². The summed E-state index contributed by atoms with van der Waals surface area (Å²) >= 11 is 5.94. The van der Waals surface area contributed by atoms with Crippen molar-refractivity contribution in [2.75, 3.05) is 39.3 Å². The molecule has 1 aliphatic heterocycles. The number of carbonyl (C=O) groups is 1. The molecule has 2 heterocycles. The van der Waals surface area contributed by atoms with Gasteiger partial charge in [-0.3, -0.25) is 9.69 Å². The van der Waals surface area contributed by atoms with Gasteiger partial charge in [-0.2, -0.15) is 5.26 Å². The van der Waals surface area contributed by atoms with Gasteiger partial charge >= 0.3 is 0 Å². The van der Waals surface area contributed by atoms with Crippen LogP contribution in [0.15, 0.2) is 28.7 Å². The van der Waals surface area contributed by atoms with Crippen LogP contribution in [0.2, 0.25) is 5.02 Å². The van der Waals surface area contributed by atoms with Crippen molar-refractivity contribution in [3.63, 3.8) is 0 Å². The Hall–Kier alpha value is -2.40. The van der Waals surface area contributed by atoms with Gasteiger partial charge in [-0.25, -0.2) is 4.98 Å². The molecule has 1 saturated heterocycles. The fraction of sp³-hybridized carbons (Fsp3) is 0.500. The fourth-order valence-electron chi connectivity index (χ4n) is 3.63. The average Bonchev–Trinajstić information content (AvgIpc) is 3.08. The van der Waals surface area contributed by atoms with Crippen LogP contribution < -0.4 is 5.32 Å². The molecular weight excluding hydrogens is 402 g/mol. The summed E-state index contributed by atoms with van der Waals surface area (Å²) < 4.78 is 5.80. The van der Waals surface area contributed by atoms with Gasteiger partial charge in [-0.15, -0.1) is 0 Å². The van der Waals surface area contributed by atoms with Gasteiger partial charge in [0, 0.05) is 43.3 Å². The number of carbonyl (C=O) groups excluding carboxylic acids is 1. The number of nitriles is 1. The van der Waals surface area contributed by atoms with Crippen LogP contribution in [0.5, 0.6) is 0 Å². The molecule has 30 heavy (non-hydrogen) atoms. The second-order valence-electron chi connectivity index (χ2n) is 7.65. The first-order valence-electron chi connectivity index (χ1n) is 10.3. The van der Waals surface area contributed by atoms with E-state index in [0.29, 0.717) is 37.1 Å². The largest absolute Gasteiger partial charge is 0.441 e. The Labute approximate surface area is 182 Å². The third-order valence-electron chi connectivity index (χ3n) is 5.60. The molecule has 0 bridgehead atoms. The van der Waals surface area contributed by atoms with Gasteiger partial charge in [-0.05, 0) is 44.3 Å². The van der Waals surface area contributed by atoms with Crippen molar-refractivity contribution in [2.24, 2.45) is 5.41 Å². The number of oxazole rings is 1. The summed E-state index contributed by atoms with van der Waals surface area (Å²) in [6.07, 6.45) is 0. The monoisotopic (exact) mass is 429 g/mol. The summed E-state index contributed by atoms with van der Waals surface area (Å²) in [5.41, 5.74) is 0.685. The van der Waals surface area contributed by atoms with E-state index in [1.807, 2.05) is 24.0 Å². The molecule has 1 aliphatic rings. The lowest BCUT2D eigenvalue weighted by molar-refractivity contribution is -0.136. The zero-order chi connectivity index (χ0) is 21.7. The maximum atomic E-state index is 12.6. The third kappa shape index (κ3) is 4.84. The highest BCUT2D eigenvalue weighted by Crippen LogP contribution is 2.32. The molecule has 0 unspecified atom stereocenters. The lowest BCUT2D eigenvalue weighted by Crippen LogP contribution is -2.62. The Kier molecular flexibility index (Phi) is 7.14. The predicted octanol–water partition coefficient (Wildman–Crippen LogP) is 3.09. The van der Waals surface area contributed by atoms with Crippen molar-refractivity contribution in [3.05, 3.63) is 40.7 Å². The van der Waals surface area contributed by atoms with Crippen molar-refractivity contribution in [1.82, 2.24) is 20.1 Å². The highest BCUT2D eigenvalue weighted by Gasteiger charge is 2.50. The topological polar surface area (TPSA) is 85.4 Å². The molecule has 0 aliphatic carbocycles. The summed E-state index contributed by atoms with van der Waals surface area (Å²) in [7, 11) is 0. The Morgan fingerprint density at radius 2 is 2.00 bits per heavy atom.